The maximum atomic E-state index is 12.8. The summed E-state index contributed by atoms with van der Waals surface area (Å²) in [5.41, 5.74) is 1.91. The summed E-state index contributed by atoms with van der Waals surface area (Å²) in [4.78, 5) is 25.5. The van der Waals surface area contributed by atoms with Gasteiger partial charge in [-0.25, -0.2) is 0 Å². The molecule has 7 nitrogen and oxygen atoms in total. The van der Waals surface area contributed by atoms with E-state index in [0.717, 1.165) is 0 Å². The van der Waals surface area contributed by atoms with Crippen LogP contribution in [0.15, 0.2) is 90.6 Å². The summed E-state index contributed by atoms with van der Waals surface area (Å²) in [5.74, 6) is -0.818. The summed E-state index contributed by atoms with van der Waals surface area (Å²) in [6.45, 7) is 0. The first-order valence-corrected chi connectivity index (χ1v) is 9.24. The highest BCUT2D eigenvalue weighted by atomic mass is 16.2. The normalized spacial score (nSPS) is 9.48. The fourth-order valence-corrected chi connectivity index (χ4v) is 2.67. The van der Waals surface area contributed by atoms with Crippen molar-refractivity contribution in [3.8, 4) is 12.1 Å². The third-order valence-corrected chi connectivity index (χ3v) is 4.14. The number of hydrogen-bond donors (Lipinski definition) is 3. The Kier molecular flexibility index (Phi) is 6.76. The number of amides is 2. The number of carbonyl (C=O) groups excluding carboxylic acids is 2. The van der Waals surface area contributed by atoms with Crippen LogP contribution in [0.3, 0.4) is 0 Å². The lowest BCUT2D eigenvalue weighted by atomic mass is 10.1. The van der Waals surface area contributed by atoms with E-state index < -0.39 is 11.8 Å². The molecule has 0 fully saturated rings. The highest BCUT2D eigenvalue weighted by molar-refractivity contribution is 6.09. The van der Waals surface area contributed by atoms with E-state index in [0.29, 0.717) is 17.1 Å². The van der Waals surface area contributed by atoms with Gasteiger partial charge in [-0.05, 0) is 42.5 Å². The highest BCUT2D eigenvalue weighted by Gasteiger charge is 2.14. The third-order valence-electron chi connectivity index (χ3n) is 4.14. The molecule has 0 saturated heterocycles. The minimum Gasteiger partial charge on any atom is -0.360 e. The second-order valence-electron chi connectivity index (χ2n) is 6.37. The number of benzene rings is 3. The van der Waals surface area contributed by atoms with Crippen molar-refractivity contribution in [2.45, 2.75) is 0 Å². The van der Waals surface area contributed by atoms with E-state index >= 15 is 0 Å². The molecule has 0 saturated carbocycles. The van der Waals surface area contributed by atoms with Crippen LogP contribution in [0.4, 0.5) is 17.1 Å². The molecule has 0 aliphatic heterocycles. The van der Waals surface area contributed by atoms with Gasteiger partial charge in [0.2, 0.25) is 0 Å². The zero-order valence-corrected chi connectivity index (χ0v) is 16.3. The summed E-state index contributed by atoms with van der Waals surface area (Å²) in [7, 11) is 0. The van der Waals surface area contributed by atoms with Crippen LogP contribution in [0.1, 0.15) is 20.7 Å². The molecule has 3 rings (SSSR count). The van der Waals surface area contributed by atoms with E-state index in [1.54, 1.807) is 60.7 Å². The molecule has 0 aliphatic rings. The van der Waals surface area contributed by atoms with Crippen molar-refractivity contribution in [1.82, 2.24) is 0 Å². The topological polar surface area (TPSA) is 118 Å². The molecule has 0 spiro atoms. The van der Waals surface area contributed by atoms with Crippen LogP contribution in [0.2, 0.25) is 0 Å². The molecule has 0 radical (unpaired) electrons. The second-order valence-corrected chi connectivity index (χ2v) is 6.37. The molecule has 3 N–H and O–H groups in total. The van der Waals surface area contributed by atoms with E-state index in [2.05, 4.69) is 16.0 Å². The molecule has 7 heteroatoms. The number of nitriles is 2. The minimum absolute atomic E-state index is 0.144. The first-order chi connectivity index (χ1) is 15.1. The zero-order chi connectivity index (χ0) is 22.1. The molecule has 150 valence electrons. The molecule has 0 heterocycles. The monoisotopic (exact) mass is 407 g/mol. The molecule has 0 atom stereocenters. The van der Waals surface area contributed by atoms with Crippen LogP contribution in [0, 0.1) is 22.7 Å². The number of nitrogens with zero attached hydrogens (tertiary/aromatic N) is 2. The largest absolute Gasteiger partial charge is 0.360 e. The summed E-state index contributed by atoms with van der Waals surface area (Å²) in [5, 5.41) is 26.2. The van der Waals surface area contributed by atoms with Gasteiger partial charge in [0.05, 0.1) is 0 Å². The Morgan fingerprint density at radius 3 is 1.55 bits per heavy atom. The first-order valence-electron chi connectivity index (χ1n) is 9.24. The Labute approximate surface area is 179 Å². The average Bonchev–Trinajstić information content (AvgIpc) is 2.81. The molecule has 2 amide bonds. The molecule has 0 aliphatic carbocycles. The summed E-state index contributed by atoms with van der Waals surface area (Å²) in [6.07, 6.45) is 1.22. The van der Waals surface area contributed by atoms with Crippen LogP contribution in [0.5, 0.6) is 0 Å². The van der Waals surface area contributed by atoms with E-state index in [-0.39, 0.29) is 16.7 Å². The Bertz CT molecular complexity index is 1120. The summed E-state index contributed by atoms with van der Waals surface area (Å²) in [6, 6.07) is 25.8. The maximum Gasteiger partial charge on any atom is 0.255 e. The van der Waals surface area contributed by atoms with Gasteiger partial charge >= 0.3 is 0 Å². The standard InChI is InChI=1S/C24H17N5O2/c25-14-17(15-26)16-27-22-12-18(23(30)28-20-7-3-1-4-8-20)11-19(13-22)24(31)29-21-9-5-2-6-10-21/h1-13,16,27H,(H,28,30)(H,29,31). The second kappa shape index (κ2) is 10.1. The number of nitrogens with one attached hydrogen (secondary N) is 3. The number of rotatable bonds is 6. The minimum atomic E-state index is -0.409. The van der Waals surface area contributed by atoms with Crippen LogP contribution in [0.25, 0.3) is 0 Å². The van der Waals surface area contributed by atoms with Crippen LogP contribution >= 0.6 is 0 Å². The first kappa shape index (κ1) is 20.8. The molecule has 3 aromatic carbocycles. The van der Waals surface area contributed by atoms with Gasteiger partial charge in [0, 0.05) is 34.4 Å². The van der Waals surface area contributed by atoms with E-state index in [9.17, 15) is 9.59 Å². The van der Waals surface area contributed by atoms with Gasteiger partial charge in [0.1, 0.15) is 17.7 Å². The smallest absolute Gasteiger partial charge is 0.255 e. The van der Waals surface area contributed by atoms with Gasteiger partial charge < -0.3 is 16.0 Å². The van der Waals surface area contributed by atoms with Crippen molar-refractivity contribution in [1.29, 1.82) is 10.5 Å². The Hall–Kier alpha value is -4.88. The van der Waals surface area contributed by atoms with Crippen molar-refractivity contribution in [3.05, 3.63) is 102 Å². The summed E-state index contributed by atoms with van der Waals surface area (Å²) < 4.78 is 0. The quantitative estimate of drug-likeness (QED) is 0.519. The average molecular weight is 407 g/mol. The van der Waals surface area contributed by atoms with Gasteiger partial charge in [-0.3, -0.25) is 9.59 Å². The number of para-hydroxylation sites is 2. The zero-order valence-electron chi connectivity index (χ0n) is 16.3. The van der Waals surface area contributed by atoms with Gasteiger partial charge in [-0.2, -0.15) is 10.5 Å². The predicted octanol–water partition coefficient (Wildman–Crippen LogP) is 4.53. The number of carbonyl (C=O) groups is 2. The number of hydrogen-bond acceptors (Lipinski definition) is 5. The van der Waals surface area contributed by atoms with Crippen molar-refractivity contribution in [2.24, 2.45) is 0 Å². The molecular weight excluding hydrogens is 390 g/mol. The lowest BCUT2D eigenvalue weighted by molar-refractivity contribution is 0.102. The van der Waals surface area contributed by atoms with E-state index in [1.165, 1.54) is 24.4 Å². The van der Waals surface area contributed by atoms with Crippen molar-refractivity contribution in [3.63, 3.8) is 0 Å². The highest BCUT2D eigenvalue weighted by Crippen LogP contribution is 2.19. The molecule has 31 heavy (non-hydrogen) atoms. The predicted molar refractivity (Wildman–Crippen MR) is 118 cm³/mol. The lowest BCUT2D eigenvalue weighted by Crippen LogP contribution is -2.16. The fourth-order valence-electron chi connectivity index (χ4n) is 2.67. The Morgan fingerprint density at radius 1 is 0.677 bits per heavy atom. The SMILES string of the molecule is N#CC(C#N)=CNc1cc(C(=O)Nc2ccccc2)cc(C(=O)Nc2ccccc2)c1. The van der Waals surface area contributed by atoms with Gasteiger partial charge in [-0.1, -0.05) is 36.4 Å². The van der Waals surface area contributed by atoms with E-state index in [4.69, 9.17) is 10.5 Å². The molecular formula is C24H17N5O2. The van der Waals surface area contributed by atoms with Crippen LogP contribution in [-0.2, 0) is 0 Å². The Balaban J connectivity index is 1.92. The van der Waals surface area contributed by atoms with Crippen LogP contribution in [-0.4, -0.2) is 11.8 Å². The summed E-state index contributed by atoms with van der Waals surface area (Å²) >= 11 is 0. The molecule has 3 aromatic rings. The van der Waals surface area contributed by atoms with Crippen molar-refractivity contribution < 1.29 is 9.59 Å². The van der Waals surface area contributed by atoms with Gasteiger partial charge in [-0.15, -0.1) is 0 Å². The lowest BCUT2D eigenvalue weighted by Gasteiger charge is -2.11. The van der Waals surface area contributed by atoms with Crippen LogP contribution < -0.4 is 16.0 Å². The number of anilines is 3. The number of allylic oxidation sites excluding steroid dienone is 1. The molecule has 0 unspecified atom stereocenters. The van der Waals surface area contributed by atoms with E-state index in [1.807, 2.05) is 12.1 Å². The van der Waals surface area contributed by atoms with Gasteiger partial charge in [0.25, 0.3) is 11.8 Å². The van der Waals surface area contributed by atoms with Gasteiger partial charge in [0.15, 0.2) is 0 Å². The third kappa shape index (κ3) is 5.80. The van der Waals surface area contributed by atoms with Crippen molar-refractivity contribution in [2.75, 3.05) is 16.0 Å². The fraction of sp³-hybridized carbons (Fsp3) is 0. The Morgan fingerprint density at radius 2 is 1.13 bits per heavy atom. The molecule has 0 aromatic heterocycles. The molecule has 0 bridgehead atoms. The maximum absolute atomic E-state index is 12.8. The van der Waals surface area contributed by atoms with Crippen molar-refractivity contribution >= 4 is 28.9 Å².